The molecule has 1 amide bonds. The van der Waals surface area contributed by atoms with Crippen molar-refractivity contribution in [3.05, 3.63) is 64.1 Å². The maximum Gasteiger partial charge on any atom is 0.348 e. The molecule has 31 heavy (non-hydrogen) atoms. The van der Waals surface area contributed by atoms with E-state index in [9.17, 15) is 14.4 Å². The summed E-state index contributed by atoms with van der Waals surface area (Å²) in [6.07, 6.45) is 2.35. The first-order chi connectivity index (χ1) is 14.9. The molecule has 7 nitrogen and oxygen atoms in total. The van der Waals surface area contributed by atoms with E-state index in [-0.39, 0.29) is 36.1 Å². The van der Waals surface area contributed by atoms with Gasteiger partial charge in [0.1, 0.15) is 16.5 Å². The Morgan fingerprint density at radius 2 is 1.94 bits per heavy atom. The highest BCUT2D eigenvalue weighted by Gasteiger charge is 2.28. The number of ether oxygens (including phenoxy) is 2. The van der Waals surface area contributed by atoms with Gasteiger partial charge in [-0.2, -0.15) is 0 Å². The van der Waals surface area contributed by atoms with Crippen LogP contribution in [0.5, 0.6) is 0 Å². The van der Waals surface area contributed by atoms with E-state index in [0.29, 0.717) is 17.1 Å². The summed E-state index contributed by atoms with van der Waals surface area (Å²) < 4.78 is 10.2. The van der Waals surface area contributed by atoms with Gasteiger partial charge in [-0.3, -0.25) is 9.69 Å². The van der Waals surface area contributed by atoms with Crippen molar-refractivity contribution in [3.8, 4) is 0 Å². The zero-order valence-electron chi connectivity index (χ0n) is 17.7. The maximum absolute atomic E-state index is 12.8. The maximum atomic E-state index is 12.8. The number of hydrogen-bond acceptors (Lipinski definition) is 7. The van der Waals surface area contributed by atoms with E-state index < -0.39 is 11.9 Å². The molecule has 0 atom stereocenters. The molecule has 3 rings (SSSR count). The number of fused-ring (bicyclic) bond motifs is 1. The molecule has 0 fully saturated rings. The zero-order valence-corrected chi connectivity index (χ0v) is 18.5. The van der Waals surface area contributed by atoms with Crippen LogP contribution >= 0.6 is 11.3 Å². The molecule has 1 aliphatic rings. The van der Waals surface area contributed by atoms with Gasteiger partial charge in [0.15, 0.2) is 0 Å². The van der Waals surface area contributed by atoms with E-state index >= 15 is 0 Å². The molecule has 1 aromatic heterocycles. The number of nitrogens with one attached hydrogen (secondary N) is 1. The lowest BCUT2D eigenvalue weighted by Crippen LogP contribution is -2.37. The Bertz CT molecular complexity index is 998. The monoisotopic (exact) mass is 442 g/mol. The van der Waals surface area contributed by atoms with Crippen molar-refractivity contribution in [2.24, 2.45) is 0 Å². The van der Waals surface area contributed by atoms with Crippen molar-refractivity contribution < 1.29 is 23.9 Å². The van der Waals surface area contributed by atoms with Crippen LogP contribution < -0.4 is 5.32 Å². The Labute approximate surface area is 185 Å². The molecule has 0 bridgehead atoms. The smallest absolute Gasteiger partial charge is 0.348 e. The lowest BCUT2D eigenvalue weighted by Gasteiger charge is -2.28. The molecule has 2 aromatic rings. The number of hydrogen-bond donors (Lipinski definition) is 1. The zero-order chi connectivity index (χ0) is 22.4. The average molecular weight is 443 g/mol. The number of thiophene rings is 1. The quantitative estimate of drug-likeness (QED) is 0.497. The van der Waals surface area contributed by atoms with Crippen LogP contribution in [0.25, 0.3) is 0 Å². The lowest BCUT2D eigenvalue weighted by molar-refractivity contribution is -0.117. The summed E-state index contributed by atoms with van der Waals surface area (Å²) in [5.41, 5.74) is 3.14. The number of rotatable bonds is 8. The van der Waals surface area contributed by atoms with Gasteiger partial charge in [0.05, 0.1) is 18.7 Å². The van der Waals surface area contributed by atoms with Gasteiger partial charge in [-0.15, -0.1) is 11.3 Å². The molecule has 1 N–H and O–H groups in total. The third-order valence-corrected chi connectivity index (χ3v) is 6.16. The van der Waals surface area contributed by atoms with Gasteiger partial charge >= 0.3 is 11.9 Å². The summed E-state index contributed by atoms with van der Waals surface area (Å²) in [6, 6.07) is 8.20. The Morgan fingerprint density at radius 1 is 1.19 bits per heavy atom. The van der Waals surface area contributed by atoms with Gasteiger partial charge in [-0.25, -0.2) is 9.59 Å². The average Bonchev–Trinajstić information content (AvgIpc) is 3.07. The van der Waals surface area contributed by atoms with Crippen molar-refractivity contribution in [1.82, 2.24) is 4.90 Å². The fourth-order valence-electron chi connectivity index (χ4n) is 3.50. The van der Waals surface area contributed by atoms with Crippen LogP contribution in [0.2, 0.25) is 0 Å². The van der Waals surface area contributed by atoms with Gasteiger partial charge in [0.2, 0.25) is 5.91 Å². The molecule has 0 saturated carbocycles. The third kappa shape index (κ3) is 5.39. The molecule has 1 aromatic carbocycles. The molecule has 1 aliphatic heterocycles. The first-order valence-electron chi connectivity index (χ1n) is 10.1. The molecule has 0 radical (unpaired) electrons. The molecule has 0 unspecified atom stereocenters. The normalized spacial score (nSPS) is 13.2. The highest BCUT2D eigenvalue weighted by Crippen LogP contribution is 2.34. The van der Waals surface area contributed by atoms with Crippen LogP contribution in [0.4, 0.5) is 5.00 Å². The number of carbonyl (C=O) groups excluding carboxylic acids is 3. The minimum atomic E-state index is -0.582. The summed E-state index contributed by atoms with van der Waals surface area (Å²) in [5.74, 6) is -1.40. The molecule has 0 spiro atoms. The number of amides is 1. The van der Waals surface area contributed by atoms with Crippen LogP contribution in [0.15, 0.2) is 36.9 Å². The van der Waals surface area contributed by atoms with Gasteiger partial charge in [-0.05, 0) is 37.0 Å². The predicted octanol–water partition coefficient (Wildman–Crippen LogP) is 3.57. The Kier molecular flexibility index (Phi) is 7.59. The molecule has 0 saturated heterocycles. The topological polar surface area (TPSA) is 84.9 Å². The lowest BCUT2D eigenvalue weighted by atomic mass is 10.00. The minimum Gasteiger partial charge on any atom is -0.462 e. The number of anilines is 1. The molecular weight excluding hydrogens is 416 g/mol. The van der Waals surface area contributed by atoms with Crippen LogP contribution in [-0.4, -0.2) is 49.0 Å². The van der Waals surface area contributed by atoms with Crippen LogP contribution in [-0.2, 0) is 27.2 Å². The van der Waals surface area contributed by atoms with Crippen molar-refractivity contribution >= 4 is 34.2 Å². The molecule has 2 heterocycles. The molecule has 0 aliphatic carbocycles. The summed E-state index contributed by atoms with van der Waals surface area (Å²) >= 11 is 1.02. The van der Waals surface area contributed by atoms with Gasteiger partial charge in [-0.1, -0.05) is 36.9 Å². The molecule has 164 valence electrons. The molecular formula is C23H26N2O5S. The second-order valence-corrected chi connectivity index (χ2v) is 8.17. The standard InChI is InChI=1S/C23H26N2O5S/c1-4-12-30-23(28)20-15(3)19(22(27)29-5-2)21(31-20)24-18(26)14-25-11-10-16-8-6-7-9-17(16)13-25/h4,6-9H,1,5,10-14H2,2-3H3,(H,24,26). The highest BCUT2D eigenvalue weighted by molar-refractivity contribution is 7.18. The fraction of sp³-hybridized carbons (Fsp3) is 0.348. The van der Waals surface area contributed by atoms with E-state index in [2.05, 4.69) is 28.9 Å². The Morgan fingerprint density at radius 3 is 2.65 bits per heavy atom. The summed E-state index contributed by atoms with van der Waals surface area (Å²) in [6.45, 7) is 8.76. The van der Waals surface area contributed by atoms with Crippen molar-refractivity contribution in [2.75, 3.05) is 31.6 Å². The fourth-order valence-corrected chi connectivity index (χ4v) is 4.61. The first kappa shape index (κ1) is 22.7. The van der Waals surface area contributed by atoms with Crippen molar-refractivity contribution in [3.63, 3.8) is 0 Å². The largest absolute Gasteiger partial charge is 0.462 e. The van der Waals surface area contributed by atoms with Crippen molar-refractivity contribution in [1.29, 1.82) is 0 Å². The number of nitrogens with zero attached hydrogens (tertiary/aromatic N) is 1. The Hall–Kier alpha value is -2.97. The summed E-state index contributed by atoms with van der Waals surface area (Å²) in [7, 11) is 0. The van der Waals surface area contributed by atoms with E-state index in [1.165, 1.54) is 17.2 Å². The Balaban J connectivity index is 1.76. The van der Waals surface area contributed by atoms with E-state index in [0.717, 1.165) is 24.3 Å². The number of esters is 2. The van der Waals surface area contributed by atoms with Crippen LogP contribution in [0, 0.1) is 6.92 Å². The van der Waals surface area contributed by atoms with Crippen LogP contribution in [0.1, 0.15) is 43.6 Å². The number of carbonyl (C=O) groups is 3. The van der Waals surface area contributed by atoms with Crippen molar-refractivity contribution in [2.45, 2.75) is 26.8 Å². The second kappa shape index (κ2) is 10.4. The van der Waals surface area contributed by atoms with Gasteiger partial charge in [0.25, 0.3) is 0 Å². The SMILES string of the molecule is C=CCOC(=O)c1sc(NC(=O)CN2CCc3ccccc3C2)c(C(=O)OCC)c1C. The minimum absolute atomic E-state index is 0.0586. The van der Waals surface area contributed by atoms with Gasteiger partial charge < -0.3 is 14.8 Å². The van der Waals surface area contributed by atoms with E-state index in [1.54, 1.807) is 13.8 Å². The van der Waals surface area contributed by atoms with E-state index in [1.807, 2.05) is 12.1 Å². The first-order valence-corrected chi connectivity index (χ1v) is 10.9. The van der Waals surface area contributed by atoms with Gasteiger partial charge in [0, 0.05) is 13.1 Å². The molecule has 8 heteroatoms. The number of benzene rings is 1. The third-order valence-electron chi connectivity index (χ3n) is 4.97. The summed E-state index contributed by atoms with van der Waals surface area (Å²) in [5, 5.41) is 3.10. The van der Waals surface area contributed by atoms with E-state index in [4.69, 9.17) is 9.47 Å². The second-order valence-electron chi connectivity index (χ2n) is 7.15. The summed E-state index contributed by atoms with van der Waals surface area (Å²) in [4.78, 5) is 39.9. The predicted molar refractivity (Wildman–Crippen MR) is 120 cm³/mol. The highest BCUT2D eigenvalue weighted by atomic mass is 32.1. The van der Waals surface area contributed by atoms with Crippen LogP contribution in [0.3, 0.4) is 0 Å².